The Kier molecular flexibility index (Phi) is 6.24. The first-order chi connectivity index (χ1) is 14.7. The van der Waals surface area contributed by atoms with Gasteiger partial charge in [-0.15, -0.1) is 10.2 Å². The fourth-order valence-electron chi connectivity index (χ4n) is 2.74. The Morgan fingerprint density at radius 3 is 2.67 bits per heavy atom. The second-order valence-electron chi connectivity index (χ2n) is 6.45. The monoisotopic (exact) mass is 423 g/mol. The molecule has 0 fully saturated rings. The third-order valence-corrected chi connectivity index (χ3v) is 5.08. The van der Waals surface area contributed by atoms with Crippen LogP contribution in [-0.4, -0.2) is 21.9 Å². The molecule has 1 aromatic heterocycles. The maximum atomic E-state index is 12.9. The summed E-state index contributed by atoms with van der Waals surface area (Å²) in [4.78, 5) is 12.0. The van der Waals surface area contributed by atoms with Crippen molar-refractivity contribution in [3.8, 4) is 5.75 Å². The number of thioether (sulfide) groups is 1. The number of fused-ring (bicyclic) bond motifs is 1. The highest BCUT2D eigenvalue weighted by Crippen LogP contribution is 2.22. The molecule has 0 atom stereocenters. The molecular weight excluding hydrogens is 405 g/mol. The molecule has 0 aliphatic heterocycles. The lowest BCUT2D eigenvalue weighted by molar-refractivity contribution is -0.118. The summed E-state index contributed by atoms with van der Waals surface area (Å²) in [6.07, 6.45) is 0. The summed E-state index contributed by atoms with van der Waals surface area (Å²) in [5, 5.41) is 13.1. The quantitative estimate of drug-likeness (QED) is 0.425. The number of carbonyl (C=O) groups is 1. The van der Waals surface area contributed by atoms with Crippen LogP contribution in [0.2, 0.25) is 0 Å². The molecule has 1 N–H and O–H groups in total. The van der Waals surface area contributed by atoms with Gasteiger partial charge < -0.3 is 14.5 Å². The minimum Gasteiger partial charge on any atom is -0.484 e. The third-order valence-electron chi connectivity index (χ3n) is 4.26. The van der Waals surface area contributed by atoms with Crippen LogP contribution in [0.4, 0.5) is 4.39 Å². The molecule has 0 saturated carbocycles. The number of nitrogens with one attached hydrogen (secondary N) is 1. The predicted molar refractivity (Wildman–Crippen MR) is 112 cm³/mol. The Labute approximate surface area is 176 Å². The molecule has 0 aliphatic carbocycles. The number of benzene rings is 3. The number of carbonyl (C=O) groups excluding carboxylic acids is 1. The zero-order chi connectivity index (χ0) is 20.8. The normalized spacial score (nSPS) is 10.8. The maximum absolute atomic E-state index is 12.9. The van der Waals surface area contributed by atoms with E-state index < -0.39 is 0 Å². The minimum atomic E-state index is -0.308. The van der Waals surface area contributed by atoms with E-state index in [0.29, 0.717) is 23.4 Å². The summed E-state index contributed by atoms with van der Waals surface area (Å²) in [5.41, 5.74) is 0.820. The van der Waals surface area contributed by atoms with Gasteiger partial charge in [-0.05, 0) is 40.6 Å². The van der Waals surface area contributed by atoms with E-state index in [2.05, 4.69) is 15.5 Å². The summed E-state index contributed by atoms with van der Waals surface area (Å²) in [6.45, 7) is 0.469. The van der Waals surface area contributed by atoms with Crippen molar-refractivity contribution in [1.29, 1.82) is 0 Å². The number of nitrogens with zero attached hydrogens (tertiary/aromatic N) is 2. The molecule has 0 unspecified atom stereocenters. The lowest BCUT2D eigenvalue weighted by atomic mass is 10.1. The van der Waals surface area contributed by atoms with Gasteiger partial charge in [-0.3, -0.25) is 4.79 Å². The lowest BCUT2D eigenvalue weighted by Gasteiger charge is -2.05. The van der Waals surface area contributed by atoms with Gasteiger partial charge in [0.05, 0.1) is 5.75 Å². The van der Waals surface area contributed by atoms with Crippen LogP contribution in [0.1, 0.15) is 11.5 Å². The minimum absolute atomic E-state index is 0.133. The third kappa shape index (κ3) is 5.36. The number of amides is 1. The predicted octanol–water partition coefficient (Wildman–Crippen LogP) is 4.35. The molecular formula is C22H18FN3O3S. The van der Waals surface area contributed by atoms with E-state index in [0.717, 1.165) is 28.1 Å². The van der Waals surface area contributed by atoms with E-state index in [1.807, 2.05) is 42.5 Å². The summed E-state index contributed by atoms with van der Waals surface area (Å²) in [5.74, 6) is 0.682. The van der Waals surface area contributed by atoms with Gasteiger partial charge in [0.15, 0.2) is 6.61 Å². The van der Waals surface area contributed by atoms with Crippen LogP contribution in [0.15, 0.2) is 76.4 Å². The highest BCUT2D eigenvalue weighted by Gasteiger charge is 2.10. The first-order valence-corrected chi connectivity index (χ1v) is 10.2. The van der Waals surface area contributed by atoms with Crippen LogP contribution in [0.25, 0.3) is 10.8 Å². The molecule has 3 aromatic carbocycles. The summed E-state index contributed by atoms with van der Waals surface area (Å²) >= 11 is 1.14. The zero-order valence-electron chi connectivity index (χ0n) is 15.9. The van der Waals surface area contributed by atoms with Crippen molar-refractivity contribution in [2.24, 2.45) is 0 Å². The van der Waals surface area contributed by atoms with Crippen LogP contribution in [-0.2, 0) is 17.9 Å². The van der Waals surface area contributed by atoms with E-state index in [9.17, 15) is 9.18 Å². The summed E-state index contributed by atoms with van der Waals surface area (Å²) in [6, 6.07) is 19.8. The molecule has 0 aliphatic rings. The van der Waals surface area contributed by atoms with Crippen molar-refractivity contribution in [1.82, 2.24) is 15.5 Å². The number of halogens is 1. The smallest absolute Gasteiger partial charge is 0.277 e. The van der Waals surface area contributed by atoms with Gasteiger partial charge in [0, 0.05) is 6.54 Å². The SMILES string of the molecule is O=C(CSc1nnc(COc2ccc3ccccc3c2)o1)NCc1ccc(F)cc1. The van der Waals surface area contributed by atoms with Crippen molar-refractivity contribution in [2.75, 3.05) is 5.75 Å². The topological polar surface area (TPSA) is 77.2 Å². The number of aromatic nitrogens is 2. The van der Waals surface area contributed by atoms with Crippen molar-refractivity contribution < 1.29 is 18.3 Å². The molecule has 1 heterocycles. The molecule has 30 heavy (non-hydrogen) atoms. The first kappa shape index (κ1) is 19.9. The number of hydrogen-bond acceptors (Lipinski definition) is 6. The van der Waals surface area contributed by atoms with Gasteiger partial charge >= 0.3 is 0 Å². The standard InChI is InChI=1S/C22H18FN3O3S/c23-18-8-5-15(6-9-18)12-24-20(27)14-30-22-26-25-21(29-22)13-28-19-10-7-16-3-1-2-4-17(16)11-19/h1-11H,12-14H2,(H,24,27). The molecule has 0 bridgehead atoms. The van der Waals surface area contributed by atoms with E-state index in [4.69, 9.17) is 9.15 Å². The van der Waals surface area contributed by atoms with Crippen LogP contribution in [0.5, 0.6) is 5.75 Å². The van der Waals surface area contributed by atoms with Gasteiger partial charge in [0.1, 0.15) is 11.6 Å². The largest absolute Gasteiger partial charge is 0.484 e. The second-order valence-corrected chi connectivity index (χ2v) is 7.38. The van der Waals surface area contributed by atoms with Gasteiger partial charge in [-0.1, -0.05) is 54.2 Å². The molecule has 1 amide bonds. The molecule has 4 aromatic rings. The highest BCUT2D eigenvalue weighted by atomic mass is 32.2. The summed E-state index contributed by atoms with van der Waals surface area (Å²) in [7, 11) is 0. The Bertz CT molecular complexity index is 1150. The first-order valence-electron chi connectivity index (χ1n) is 9.24. The van der Waals surface area contributed by atoms with Crippen LogP contribution < -0.4 is 10.1 Å². The molecule has 152 valence electrons. The molecule has 8 heteroatoms. The van der Waals surface area contributed by atoms with E-state index >= 15 is 0 Å². The summed E-state index contributed by atoms with van der Waals surface area (Å²) < 4.78 is 24.1. The fourth-order valence-corrected chi connectivity index (χ4v) is 3.35. The van der Waals surface area contributed by atoms with E-state index in [1.165, 1.54) is 12.1 Å². The van der Waals surface area contributed by atoms with E-state index in [1.54, 1.807) is 12.1 Å². The number of hydrogen-bond donors (Lipinski definition) is 1. The molecule has 0 radical (unpaired) electrons. The van der Waals surface area contributed by atoms with Crippen molar-refractivity contribution >= 4 is 28.4 Å². The van der Waals surface area contributed by atoms with Gasteiger partial charge in [0.25, 0.3) is 11.1 Å². The Morgan fingerprint density at radius 1 is 1.03 bits per heavy atom. The van der Waals surface area contributed by atoms with Crippen molar-refractivity contribution in [3.63, 3.8) is 0 Å². The lowest BCUT2D eigenvalue weighted by Crippen LogP contribution is -2.24. The van der Waals surface area contributed by atoms with Gasteiger partial charge in [-0.25, -0.2) is 4.39 Å². The molecule has 0 spiro atoms. The van der Waals surface area contributed by atoms with E-state index in [-0.39, 0.29) is 24.1 Å². The zero-order valence-corrected chi connectivity index (χ0v) is 16.7. The van der Waals surface area contributed by atoms with Gasteiger partial charge in [0.2, 0.25) is 5.91 Å². The highest BCUT2D eigenvalue weighted by molar-refractivity contribution is 7.99. The Hall–Kier alpha value is -3.39. The maximum Gasteiger partial charge on any atom is 0.277 e. The molecule has 6 nitrogen and oxygen atoms in total. The van der Waals surface area contributed by atoms with Crippen molar-refractivity contribution in [2.45, 2.75) is 18.4 Å². The van der Waals surface area contributed by atoms with Gasteiger partial charge in [-0.2, -0.15) is 0 Å². The Balaban J connectivity index is 1.23. The van der Waals surface area contributed by atoms with Crippen LogP contribution >= 0.6 is 11.8 Å². The van der Waals surface area contributed by atoms with Crippen LogP contribution in [0, 0.1) is 5.82 Å². The average Bonchev–Trinajstić information content (AvgIpc) is 3.23. The fraction of sp³-hybridized carbons (Fsp3) is 0.136. The second kappa shape index (κ2) is 9.41. The molecule has 4 rings (SSSR count). The average molecular weight is 423 g/mol. The number of rotatable bonds is 8. The molecule has 0 saturated heterocycles. The van der Waals surface area contributed by atoms with Crippen LogP contribution in [0.3, 0.4) is 0 Å². The Morgan fingerprint density at radius 2 is 1.83 bits per heavy atom. The number of ether oxygens (including phenoxy) is 1. The van der Waals surface area contributed by atoms with Crippen molar-refractivity contribution in [3.05, 3.63) is 84.0 Å².